The highest BCUT2D eigenvalue weighted by atomic mass is 32.2. The number of aliphatic carboxylic acids is 1. The van der Waals surface area contributed by atoms with Crippen LogP contribution in [0.5, 0.6) is 11.5 Å². The number of carboxylic acids is 1. The largest absolute Gasteiger partial charge is 0.508 e. The van der Waals surface area contributed by atoms with Crippen LogP contribution in [0.15, 0.2) is 23.1 Å². The van der Waals surface area contributed by atoms with E-state index in [1.165, 1.54) is 29.2 Å². The Morgan fingerprint density at radius 3 is 2.62 bits per heavy atom. The van der Waals surface area contributed by atoms with Gasteiger partial charge in [-0.2, -0.15) is 0 Å². The van der Waals surface area contributed by atoms with Crippen molar-refractivity contribution >= 4 is 52.2 Å². The minimum Gasteiger partial charge on any atom is -0.508 e. The Balaban J connectivity index is 1.77. The lowest BCUT2D eigenvalue weighted by Gasteiger charge is -2.14. The highest BCUT2D eigenvalue weighted by Crippen LogP contribution is 2.34. The number of unbranched alkanes of at least 4 members (excludes halogenated alkanes) is 2. The zero-order valence-corrected chi connectivity index (χ0v) is 17.2. The third-order valence-corrected chi connectivity index (χ3v) is 5.50. The molecule has 2 amide bonds. The molecule has 0 bridgehead atoms. The Kier molecular flexibility index (Phi) is 8.47. The summed E-state index contributed by atoms with van der Waals surface area (Å²) >= 11 is 6.42. The maximum atomic E-state index is 12.5. The highest BCUT2D eigenvalue weighted by Gasteiger charge is 2.31. The first-order valence-electron chi connectivity index (χ1n) is 9.04. The first-order chi connectivity index (χ1) is 13.8. The van der Waals surface area contributed by atoms with E-state index in [1.807, 2.05) is 0 Å². The third kappa shape index (κ3) is 7.06. The lowest BCUT2D eigenvalue weighted by atomic mass is 10.1. The molecule has 29 heavy (non-hydrogen) atoms. The second kappa shape index (κ2) is 10.8. The quantitative estimate of drug-likeness (QED) is 0.249. The van der Waals surface area contributed by atoms with E-state index < -0.39 is 5.97 Å². The number of phenols is 2. The van der Waals surface area contributed by atoms with Crippen molar-refractivity contribution in [2.24, 2.45) is 0 Å². The Morgan fingerprint density at radius 2 is 1.93 bits per heavy atom. The van der Waals surface area contributed by atoms with Crippen molar-refractivity contribution in [1.29, 1.82) is 0 Å². The number of aromatic hydroxyl groups is 2. The van der Waals surface area contributed by atoms with Crippen LogP contribution in [0.1, 0.15) is 37.7 Å². The lowest BCUT2D eigenvalue weighted by Crippen LogP contribution is -2.29. The number of rotatable bonds is 10. The third-order valence-electron chi connectivity index (χ3n) is 4.12. The lowest BCUT2D eigenvalue weighted by molar-refractivity contribution is -0.137. The summed E-state index contributed by atoms with van der Waals surface area (Å²) in [6, 6.07) is 4.13. The van der Waals surface area contributed by atoms with E-state index in [9.17, 15) is 24.6 Å². The minimum atomic E-state index is -0.955. The minimum absolute atomic E-state index is 0.0669. The molecule has 1 fully saturated rings. The number of thioether (sulfide) groups is 1. The number of amides is 2. The summed E-state index contributed by atoms with van der Waals surface area (Å²) in [6.07, 6.45) is 3.77. The molecule has 0 saturated carbocycles. The second-order valence-corrected chi connectivity index (χ2v) is 8.06. The molecule has 0 radical (unpaired) electrons. The van der Waals surface area contributed by atoms with Gasteiger partial charge in [-0.15, -0.1) is 0 Å². The summed E-state index contributed by atoms with van der Waals surface area (Å²) in [5, 5.41) is 30.3. The van der Waals surface area contributed by atoms with E-state index in [-0.39, 0.29) is 36.3 Å². The summed E-state index contributed by atoms with van der Waals surface area (Å²) in [5.41, 5.74) is 0.414. The number of carboxylic acid groups (broad SMARTS) is 1. The van der Waals surface area contributed by atoms with Gasteiger partial charge in [-0.3, -0.25) is 19.3 Å². The van der Waals surface area contributed by atoms with Crippen molar-refractivity contribution in [3.05, 3.63) is 28.7 Å². The molecule has 0 unspecified atom stereocenters. The smallest absolute Gasteiger partial charge is 0.305 e. The number of carbonyl (C=O) groups excluding carboxylic acids is 2. The Morgan fingerprint density at radius 1 is 1.17 bits per heavy atom. The van der Waals surface area contributed by atoms with Crippen molar-refractivity contribution in [1.82, 2.24) is 10.2 Å². The molecule has 1 aromatic carbocycles. The van der Waals surface area contributed by atoms with Crippen molar-refractivity contribution in [3.8, 4) is 11.5 Å². The van der Waals surface area contributed by atoms with Gasteiger partial charge in [-0.25, -0.2) is 0 Å². The van der Waals surface area contributed by atoms with E-state index in [1.54, 1.807) is 0 Å². The number of hydrogen-bond donors (Lipinski definition) is 4. The molecule has 4 N–H and O–H groups in total. The van der Waals surface area contributed by atoms with Crippen LogP contribution in [0.2, 0.25) is 0 Å². The van der Waals surface area contributed by atoms with E-state index in [2.05, 4.69) is 5.32 Å². The molecule has 0 aromatic heterocycles. The zero-order chi connectivity index (χ0) is 21.4. The van der Waals surface area contributed by atoms with Gasteiger partial charge in [-0.05, 0) is 31.1 Å². The highest BCUT2D eigenvalue weighted by molar-refractivity contribution is 8.26. The predicted molar refractivity (Wildman–Crippen MR) is 113 cm³/mol. The fourth-order valence-electron chi connectivity index (χ4n) is 2.62. The molecule has 0 aliphatic carbocycles. The van der Waals surface area contributed by atoms with Crippen molar-refractivity contribution in [2.75, 3.05) is 13.1 Å². The number of hydrogen-bond acceptors (Lipinski definition) is 7. The van der Waals surface area contributed by atoms with Crippen LogP contribution in [0.4, 0.5) is 0 Å². The maximum Gasteiger partial charge on any atom is 0.305 e. The van der Waals surface area contributed by atoms with E-state index >= 15 is 0 Å². The normalized spacial score (nSPS) is 15.2. The molecule has 10 heteroatoms. The molecular formula is C19H22N2O6S2. The van der Waals surface area contributed by atoms with Crippen LogP contribution in [-0.2, 0) is 14.4 Å². The number of carbonyl (C=O) groups is 3. The summed E-state index contributed by atoms with van der Waals surface area (Å²) in [6.45, 7) is 0.553. The van der Waals surface area contributed by atoms with Gasteiger partial charge in [0.15, 0.2) is 0 Å². The fourth-order valence-corrected chi connectivity index (χ4v) is 3.92. The van der Waals surface area contributed by atoms with Gasteiger partial charge < -0.3 is 20.6 Å². The van der Waals surface area contributed by atoms with Crippen molar-refractivity contribution in [2.45, 2.75) is 32.1 Å². The SMILES string of the molecule is O=C(O)CCNC(=O)CCCCCN1C(=O)/C(=C/c2ccc(O)cc2O)SC1=S. The fraction of sp³-hybridized carbons (Fsp3) is 0.368. The molecule has 2 rings (SSSR count). The van der Waals surface area contributed by atoms with Crippen LogP contribution in [0.25, 0.3) is 6.08 Å². The maximum absolute atomic E-state index is 12.5. The molecule has 1 aliphatic heterocycles. The summed E-state index contributed by atoms with van der Waals surface area (Å²) in [5.74, 6) is -1.57. The number of thiocarbonyl (C=S) groups is 1. The first-order valence-corrected chi connectivity index (χ1v) is 10.3. The van der Waals surface area contributed by atoms with Gasteiger partial charge in [0, 0.05) is 31.1 Å². The summed E-state index contributed by atoms with van der Waals surface area (Å²) < 4.78 is 0.436. The molecule has 0 spiro atoms. The summed E-state index contributed by atoms with van der Waals surface area (Å²) in [4.78, 5) is 36.4. The van der Waals surface area contributed by atoms with Gasteiger partial charge in [-0.1, -0.05) is 30.4 Å². The van der Waals surface area contributed by atoms with Crippen molar-refractivity contribution < 1.29 is 29.7 Å². The molecule has 8 nitrogen and oxygen atoms in total. The van der Waals surface area contributed by atoms with Gasteiger partial charge in [0.25, 0.3) is 5.91 Å². The van der Waals surface area contributed by atoms with E-state index in [0.29, 0.717) is 40.6 Å². The average Bonchev–Trinajstić information content (AvgIpc) is 2.90. The number of nitrogens with one attached hydrogen (secondary N) is 1. The van der Waals surface area contributed by atoms with Gasteiger partial charge in [0.1, 0.15) is 15.8 Å². The van der Waals surface area contributed by atoms with Crippen LogP contribution in [0.3, 0.4) is 0 Å². The second-order valence-electron chi connectivity index (χ2n) is 6.38. The Bertz CT molecular complexity index is 840. The van der Waals surface area contributed by atoms with Crippen LogP contribution < -0.4 is 5.32 Å². The van der Waals surface area contributed by atoms with E-state index in [0.717, 1.165) is 18.2 Å². The molecule has 156 valence electrons. The number of phenolic OH excluding ortho intramolecular Hbond substituents is 2. The predicted octanol–water partition coefficient (Wildman–Crippen LogP) is 2.45. The average molecular weight is 439 g/mol. The molecule has 0 atom stereocenters. The van der Waals surface area contributed by atoms with Crippen LogP contribution >= 0.6 is 24.0 Å². The van der Waals surface area contributed by atoms with Crippen LogP contribution in [0, 0.1) is 0 Å². The molecule has 1 heterocycles. The Labute approximate surface area is 177 Å². The number of nitrogens with zero attached hydrogens (tertiary/aromatic N) is 1. The molecule has 1 saturated heterocycles. The van der Waals surface area contributed by atoms with Crippen molar-refractivity contribution in [3.63, 3.8) is 0 Å². The van der Waals surface area contributed by atoms with Gasteiger partial charge in [0.05, 0.1) is 11.3 Å². The van der Waals surface area contributed by atoms with E-state index in [4.69, 9.17) is 17.3 Å². The molecule has 1 aliphatic rings. The van der Waals surface area contributed by atoms with Crippen LogP contribution in [-0.4, -0.2) is 55.4 Å². The van der Waals surface area contributed by atoms with Gasteiger partial charge in [0.2, 0.25) is 5.91 Å². The topological polar surface area (TPSA) is 127 Å². The molecule has 1 aromatic rings. The first kappa shape index (κ1) is 22.7. The molecular weight excluding hydrogens is 416 g/mol. The summed E-state index contributed by atoms with van der Waals surface area (Å²) in [7, 11) is 0. The monoisotopic (exact) mass is 438 g/mol. The zero-order valence-electron chi connectivity index (χ0n) is 15.6. The number of benzene rings is 1. The standard InChI is InChI=1S/C19H22N2O6S2/c22-13-6-5-12(14(23)11-13)10-15-18(27)21(19(28)29-15)9-3-1-2-4-16(24)20-8-7-17(25)26/h5-6,10-11,22-23H,1-4,7-9H2,(H,20,24)(H,25,26)/b15-10-. The van der Waals surface area contributed by atoms with Gasteiger partial charge >= 0.3 is 5.97 Å². The Hall–Kier alpha value is -2.59.